The molecule has 0 amide bonds. The highest BCUT2D eigenvalue weighted by molar-refractivity contribution is 7.09. The fourth-order valence-electron chi connectivity index (χ4n) is 1.56. The first-order valence-electron chi connectivity index (χ1n) is 5.71. The van der Waals surface area contributed by atoms with E-state index in [-0.39, 0.29) is 12.2 Å². The quantitative estimate of drug-likeness (QED) is 0.482. The number of thiophene rings is 1. The lowest BCUT2D eigenvalue weighted by atomic mass is 10.2. The summed E-state index contributed by atoms with van der Waals surface area (Å²) in [6, 6.07) is 6.74. The molecule has 0 aliphatic heterocycles. The maximum Gasteiger partial charge on any atom is 0.338 e. The van der Waals surface area contributed by atoms with E-state index >= 15 is 0 Å². The summed E-state index contributed by atoms with van der Waals surface area (Å²) in [7, 11) is 0. The van der Waals surface area contributed by atoms with Gasteiger partial charge in [-0.05, 0) is 23.6 Å². The van der Waals surface area contributed by atoms with Gasteiger partial charge in [-0.3, -0.25) is 10.1 Å². The molecule has 0 fully saturated rings. The Morgan fingerprint density at radius 3 is 2.85 bits per heavy atom. The second-order valence-electron chi connectivity index (χ2n) is 3.89. The molecular weight excluding hydrogens is 285 g/mol. The van der Waals surface area contributed by atoms with Gasteiger partial charge in [0.15, 0.2) is 0 Å². The van der Waals surface area contributed by atoms with Crippen molar-refractivity contribution in [2.24, 2.45) is 0 Å². The minimum Gasteiger partial charge on any atom is -0.462 e. The van der Waals surface area contributed by atoms with Gasteiger partial charge in [-0.2, -0.15) is 4.39 Å². The molecule has 0 N–H and O–H groups in total. The van der Waals surface area contributed by atoms with Crippen molar-refractivity contribution in [1.82, 2.24) is 0 Å². The number of nitro groups is 1. The van der Waals surface area contributed by atoms with Gasteiger partial charge in [0.1, 0.15) is 0 Å². The summed E-state index contributed by atoms with van der Waals surface area (Å²) in [5, 5.41) is 12.5. The number of hydrogen-bond acceptors (Lipinski definition) is 5. The van der Waals surface area contributed by atoms with E-state index in [1.165, 1.54) is 0 Å². The molecule has 0 saturated carbocycles. The number of nitro benzene ring substituents is 1. The predicted molar refractivity (Wildman–Crippen MR) is 71.4 cm³/mol. The average molecular weight is 295 g/mol. The zero-order valence-corrected chi connectivity index (χ0v) is 11.1. The van der Waals surface area contributed by atoms with Crippen molar-refractivity contribution < 1.29 is 18.8 Å². The molecule has 0 saturated heterocycles. The zero-order valence-electron chi connectivity index (χ0n) is 10.2. The van der Waals surface area contributed by atoms with Crippen molar-refractivity contribution in [3.05, 3.63) is 62.1 Å². The smallest absolute Gasteiger partial charge is 0.338 e. The molecule has 5 nitrogen and oxygen atoms in total. The van der Waals surface area contributed by atoms with Crippen LogP contribution in [0.2, 0.25) is 0 Å². The Kier molecular flexibility index (Phi) is 4.41. The number of rotatable bonds is 5. The number of esters is 1. The van der Waals surface area contributed by atoms with Crippen LogP contribution in [-0.4, -0.2) is 17.5 Å². The Hall–Kier alpha value is -2.28. The summed E-state index contributed by atoms with van der Waals surface area (Å²) in [5.74, 6) is -1.69. The van der Waals surface area contributed by atoms with Gasteiger partial charge in [0, 0.05) is 17.4 Å². The number of benzene rings is 1. The first-order chi connectivity index (χ1) is 9.58. The Morgan fingerprint density at radius 2 is 2.20 bits per heavy atom. The van der Waals surface area contributed by atoms with Crippen LogP contribution >= 0.6 is 11.3 Å². The minimum atomic E-state index is -0.981. The SMILES string of the molecule is O=C(OCCc1cccs1)c1ccc(F)c([N+](=O)[O-])c1. The molecule has 1 heterocycles. The van der Waals surface area contributed by atoms with Gasteiger partial charge < -0.3 is 4.74 Å². The van der Waals surface area contributed by atoms with Crippen LogP contribution in [0.5, 0.6) is 0 Å². The van der Waals surface area contributed by atoms with Crippen LogP contribution in [0, 0.1) is 15.9 Å². The molecule has 0 unspecified atom stereocenters. The largest absolute Gasteiger partial charge is 0.462 e. The molecule has 1 aromatic heterocycles. The summed E-state index contributed by atoms with van der Waals surface area (Å²) in [5.41, 5.74) is -0.776. The van der Waals surface area contributed by atoms with Crippen LogP contribution in [0.25, 0.3) is 0 Å². The number of halogens is 1. The second kappa shape index (κ2) is 6.25. The fourth-order valence-corrected chi connectivity index (χ4v) is 2.25. The first kappa shape index (κ1) is 14.1. The standard InChI is InChI=1S/C13H10FNO4S/c14-11-4-3-9(8-12(11)15(17)18)13(16)19-6-5-10-2-1-7-20-10/h1-4,7-8H,5-6H2. The Labute approximate surface area is 117 Å². The Balaban J connectivity index is 1.98. The van der Waals surface area contributed by atoms with Gasteiger partial charge in [-0.1, -0.05) is 6.07 Å². The zero-order chi connectivity index (χ0) is 14.5. The van der Waals surface area contributed by atoms with Gasteiger partial charge in [-0.15, -0.1) is 11.3 Å². The van der Waals surface area contributed by atoms with Gasteiger partial charge in [0.25, 0.3) is 0 Å². The number of ether oxygens (including phenoxy) is 1. The molecule has 7 heteroatoms. The van der Waals surface area contributed by atoms with Gasteiger partial charge in [0.05, 0.1) is 17.1 Å². The van der Waals surface area contributed by atoms with E-state index in [9.17, 15) is 19.3 Å². The molecule has 0 spiro atoms. The van der Waals surface area contributed by atoms with Gasteiger partial charge >= 0.3 is 11.7 Å². The molecule has 2 rings (SSSR count). The first-order valence-corrected chi connectivity index (χ1v) is 6.59. The highest BCUT2D eigenvalue weighted by atomic mass is 32.1. The minimum absolute atomic E-state index is 0.0377. The molecular formula is C13H10FNO4S. The second-order valence-corrected chi connectivity index (χ2v) is 4.92. The molecule has 20 heavy (non-hydrogen) atoms. The monoisotopic (exact) mass is 295 g/mol. The molecule has 0 aliphatic rings. The molecule has 2 aromatic rings. The van der Waals surface area contributed by atoms with E-state index in [0.29, 0.717) is 6.42 Å². The summed E-state index contributed by atoms with van der Waals surface area (Å²) in [6.45, 7) is 0.171. The van der Waals surface area contributed by atoms with Crippen molar-refractivity contribution in [3.8, 4) is 0 Å². The van der Waals surface area contributed by atoms with E-state index in [2.05, 4.69) is 0 Å². The van der Waals surface area contributed by atoms with Crippen LogP contribution in [0.4, 0.5) is 10.1 Å². The van der Waals surface area contributed by atoms with E-state index in [1.54, 1.807) is 11.3 Å². The van der Waals surface area contributed by atoms with Crippen molar-refractivity contribution >= 4 is 23.0 Å². The predicted octanol–water partition coefficient (Wildman–Crippen LogP) is 3.19. The lowest BCUT2D eigenvalue weighted by Crippen LogP contribution is -2.08. The van der Waals surface area contributed by atoms with Crippen LogP contribution in [-0.2, 0) is 11.2 Å². The van der Waals surface area contributed by atoms with Crippen molar-refractivity contribution in [2.45, 2.75) is 6.42 Å². The van der Waals surface area contributed by atoms with Gasteiger partial charge in [-0.25, -0.2) is 4.79 Å². The highest BCUT2D eigenvalue weighted by Crippen LogP contribution is 2.19. The molecule has 0 bridgehead atoms. The molecule has 0 radical (unpaired) electrons. The van der Waals surface area contributed by atoms with Crippen molar-refractivity contribution in [2.75, 3.05) is 6.61 Å². The molecule has 1 aromatic carbocycles. The van der Waals surface area contributed by atoms with E-state index in [4.69, 9.17) is 4.74 Å². The third-order valence-corrected chi connectivity index (χ3v) is 3.48. The molecule has 0 aliphatic carbocycles. The normalized spacial score (nSPS) is 10.2. The summed E-state index contributed by atoms with van der Waals surface area (Å²) in [4.78, 5) is 22.5. The lowest BCUT2D eigenvalue weighted by molar-refractivity contribution is -0.387. The van der Waals surface area contributed by atoms with Crippen LogP contribution in [0.15, 0.2) is 35.7 Å². The lowest BCUT2D eigenvalue weighted by Gasteiger charge is -2.04. The van der Waals surface area contributed by atoms with Crippen molar-refractivity contribution in [1.29, 1.82) is 0 Å². The average Bonchev–Trinajstić information content (AvgIpc) is 2.92. The van der Waals surface area contributed by atoms with E-state index in [1.807, 2.05) is 17.5 Å². The maximum absolute atomic E-state index is 13.1. The summed E-state index contributed by atoms with van der Waals surface area (Å²) in [6.07, 6.45) is 0.576. The summed E-state index contributed by atoms with van der Waals surface area (Å²) >= 11 is 1.55. The topological polar surface area (TPSA) is 69.4 Å². The van der Waals surface area contributed by atoms with Crippen LogP contribution in [0.1, 0.15) is 15.2 Å². The number of carbonyl (C=O) groups excluding carboxylic acids is 1. The molecule has 104 valence electrons. The maximum atomic E-state index is 13.1. The summed E-state index contributed by atoms with van der Waals surface area (Å²) < 4.78 is 18.1. The Bertz CT molecular complexity index is 627. The van der Waals surface area contributed by atoms with E-state index < -0.39 is 22.4 Å². The Morgan fingerprint density at radius 1 is 1.40 bits per heavy atom. The third-order valence-electron chi connectivity index (χ3n) is 2.54. The van der Waals surface area contributed by atoms with Crippen molar-refractivity contribution in [3.63, 3.8) is 0 Å². The van der Waals surface area contributed by atoms with E-state index in [0.717, 1.165) is 23.1 Å². The third kappa shape index (κ3) is 3.39. The number of carbonyl (C=O) groups is 1. The van der Waals surface area contributed by atoms with Crippen LogP contribution < -0.4 is 0 Å². The highest BCUT2D eigenvalue weighted by Gasteiger charge is 2.18. The number of hydrogen-bond donors (Lipinski definition) is 0. The van der Waals surface area contributed by atoms with Crippen LogP contribution in [0.3, 0.4) is 0 Å². The number of nitrogens with zero attached hydrogens (tertiary/aromatic N) is 1. The van der Waals surface area contributed by atoms with Gasteiger partial charge in [0.2, 0.25) is 5.82 Å². The fraction of sp³-hybridized carbons (Fsp3) is 0.154. The molecule has 0 atom stereocenters.